The first-order chi connectivity index (χ1) is 10.00. The summed E-state index contributed by atoms with van der Waals surface area (Å²) in [6.45, 7) is -4.40. The molecule has 82 valence electrons. The molecular weight excluding hydrogens is 284 g/mol. The average molecular weight is 302 g/mol. The van der Waals surface area contributed by atoms with E-state index in [0.717, 1.165) is 0 Å². The molecule has 0 atom stereocenters. The van der Waals surface area contributed by atoms with Gasteiger partial charge in [0.25, 0.3) is 0 Å². The van der Waals surface area contributed by atoms with Crippen LogP contribution >= 0.6 is 27.5 Å². The minimum absolute atomic E-state index is 0.163. The molecule has 0 bridgehead atoms. The second kappa shape index (κ2) is 4.60. The van der Waals surface area contributed by atoms with Crippen molar-refractivity contribution in [2.75, 3.05) is 0 Å². The Morgan fingerprint density at radius 3 is 2.19 bits per heavy atom. The van der Waals surface area contributed by atoms with E-state index in [0.29, 0.717) is 20.6 Å². The van der Waals surface area contributed by atoms with Crippen LogP contribution in [0.4, 0.5) is 0 Å². The van der Waals surface area contributed by atoms with Gasteiger partial charge in [-0.1, -0.05) is 51.8 Å². The van der Waals surface area contributed by atoms with Crippen LogP contribution in [0, 0.1) is 13.7 Å². The third-order valence-electron chi connectivity index (χ3n) is 2.23. The zero-order chi connectivity index (χ0) is 16.7. The van der Waals surface area contributed by atoms with Crippen LogP contribution < -0.4 is 0 Å². The largest absolute Gasteiger partial charge is 0.0837 e. The zero-order valence-electron chi connectivity index (χ0n) is 14.2. The third kappa shape index (κ3) is 2.31. The van der Waals surface area contributed by atoms with Crippen molar-refractivity contribution in [2.24, 2.45) is 0 Å². The lowest BCUT2D eigenvalue weighted by Gasteiger charge is -2.08. The smallest absolute Gasteiger partial charge is 0.0487 e. The number of hydrogen-bond donors (Lipinski definition) is 0. The van der Waals surface area contributed by atoms with E-state index >= 15 is 0 Å². The number of aryl methyl sites for hydroxylation is 2. The molecule has 2 aromatic carbocycles. The molecule has 0 radical (unpaired) electrons. The third-order valence-corrected chi connectivity index (χ3v) is 3.20. The zero-order valence-corrected chi connectivity index (χ0v) is 10.6. The Hall–Kier alpha value is -0.790. The highest BCUT2D eigenvalue weighted by molar-refractivity contribution is 9.10. The fourth-order valence-corrected chi connectivity index (χ4v) is 2.34. The molecule has 0 spiro atoms. The summed E-state index contributed by atoms with van der Waals surface area (Å²) in [5.74, 6) is 0. The van der Waals surface area contributed by atoms with Crippen LogP contribution in [0.1, 0.15) is 19.4 Å². The van der Waals surface area contributed by atoms with E-state index in [1.54, 1.807) is 12.1 Å². The topological polar surface area (TPSA) is 0 Å². The maximum atomic E-state index is 7.41. The van der Waals surface area contributed by atoms with Crippen molar-refractivity contribution in [3.8, 4) is 11.1 Å². The Morgan fingerprint density at radius 2 is 1.62 bits per heavy atom. The molecule has 0 aliphatic heterocycles. The van der Waals surface area contributed by atoms with E-state index in [9.17, 15) is 0 Å². The maximum absolute atomic E-state index is 7.41. The van der Waals surface area contributed by atoms with Crippen LogP contribution in [0.15, 0.2) is 40.9 Å². The van der Waals surface area contributed by atoms with Crippen molar-refractivity contribution < 1.29 is 8.22 Å². The van der Waals surface area contributed by atoms with Gasteiger partial charge >= 0.3 is 0 Å². The van der Waals surface area contributed by atoms with Gasteiger partial charge in [-0.3, -0.25) is 0 Å². The van der Waals surface area contributed by atoms with Gasteiger partial charge in [-0.15, -0.1) is 0 Å². The van der Waals surface area contributed by atoms with Crippen LogP contribution in [0.25, 0.3) is 11.1 Å². The van der Waals surface area contributed by atoms with Crippen LogP contribution in [0.3, 0.4) is 0 Å². The first-order valence-electron chi connectivity index (χ1n) is 7.60. The molecule has 0 N–H and O–H groups in total. The SMILES string of the molecule is [2H]C([2H])([2H])c1ccc(-c2ccc(C([2H])([2H])[2H])cc2Br)c(Cl)c1. The van der Waals surface area contributed by atoms with E-state index in [-0.39, 0.29) is 11.1 Å². The molecule has 0 heterocycles. The Morgan fingerprint density at radius 1 is 1.00 bits per heavy atom. The van der Waals surface area contributed by atoms with Crippen molar-refractivity contribution in [3.05, 3.63) is 57.0 Å². The van der Waals surface area contributed by atoms with Crippen LogP contribution in [0.2, 0.25) is 5.02 Å². The van der Waals surface area contributed by atoms with E-state index in [1.165, 1.54) is 24.3 Å². The highest BCUT2D eigenvalue weighted by atomic mass is 79.9. The van der Waals surface area contributed by atoms with Crippen molar-refractivity contribution in [1.82, 2.24) is 0 Å². The molecule has 2 rings (SSSR count). The molecule has 0 unspecified atom stereocenters. The van der Waals surface area contributed by atoms with Crippen molar-refractivity contribution in [1.29, 1.82) is 0 Å². The summed E-state index contributed by atoms with van der Waals surface area (Å²) in [7, 11) is 0. The number of rotatable bonds is 1. The molecule has 0 saturated carbocycles. The van der Waals surface area contributed by atoms with Gasteiger partial charge in [-0.2, -0.15) is 0 Å². The molecule has 0 nitrogen and oxygen atoms in total. The second-order valence-electron chi connectivity index (χ2n) is 3.39. The molecule has 0 amide bonds. The van der Waals surface area contributed by atoms with Gasteiger partial charge in [0.2, 0.25) is 0 Å². The van der Waals surface area contributed by atoms with Crippen LogP contribution in [-0.2, 0) is 0 Å². The lowest BCUT2D eigenvalue weighted by molar-refractivity contribution is 1.43. The average Bonchev–Trinajstić information content (AvgIpc) is 2.37. The number of halogens is 2. The summed E-state index contributed by atoms with van der Waals surface area (Å²) in [6.07, 6.45) is 0. The molecule has 0 aromatic heterocycles. The molecule has 0 fully saturated rings. The van der Waals surface area contributed by atoms with Gasteiger partial charge < -0.3 is 0 Å². The van der Waals surface area contributed by atoms with Gasteiger partial charge in [-0.25, -0.2) is 0 Å². The minimum atomic E-state index is -2.22. The summed E-state index contributed by atoms with van der Waals surface area (Å²) >= 11 is 9.54. The summed E-state index contributed by atoms with van der Waals surface area (Å²) in [6, 6.07) is 9.23. The molecule has 0 saturated heterocycles. The molecule has 2 heteroatoms. The summed E-state index contributed by atoms with van der Waals surface area (Å²) < 4.78 is 45.0. The molecular formula is C14H12BrCl. The summed E-state index contributed by atoms with van der Waals surface area (Å²) in [5, 5.41) is 0.302. The monoisotopic (exact) mass is 300 g/mol. The fraction of sp³-hybridized carbons (Fsp3) is 0.143. The first kappa shape index (κ1) is 6.23. The lowest BCUT2D eigenvalue weighted by atomic mass is 10.0. The predicted molar refractivity (Wildman–Crippen MR) is 74.1 cm³/mol. The number of benzene rings is 2. The van der Waals surface area contributed by atoms with Crippen molar-refractivity contribution in [3.63, 3.8) is 0 Å². The Labute approximate surface area is 118 Å². The fourth-order valence-electron chi connectivity index (χ4n) is 1.47. The summed E-state index contributed by atoms with van der Waals surface area (Å²) in [5.41, 5.74) is 1.73. The lowest BCUT2D eigenvalue weighted by Crippen LogP contribution is -1.84. The highest BCUT2D eigenvalue weighted by Crippen LogP contribution is 2.34. The maximum Gasteiger partial charge on any atom is 0.0487 e. The van der Waals surface area contributed by atoms with Crippen molar-refractivity contribution in [2.45, 2.75) is 13.7 Å². The number of hydrogen-bond acceptors (Lipinski definition) is 0. The first-order valence-corrected chi connectivity index (χ1v) is 5.77. The minimum Gasteiger partial charge on any atom is -0.0837 e. The molecule has 0 aliphatic rings. The van der Waals surface area contributed by atoms with Crippen LogP contribution in [0.5, 0.6) is 0 Å². The van der Waals surface area contributed by atoms with E-state index in [2.05, 4.69) is 15.9 Å². The predicted octanol–water partition coefficient (Wildman–Crippen LogP) is 5.39. The van der Waals surface area contributed by atoms with Gasteiger partial charge in [0.1, 0.15) is 0 Å². The Bertz CT molecular complexity index is 644. The quantitative estimate of drug-likeness (QED) is 0.663. The van der Waals surface area contributed by atoms with E-state index < -0.39 is 13.7 Å². The van der Waals surface area contributed by atoms with Crippen molar-refractivity contribution >= 4 is 27.5 Å². The molecule has 2 aromatic rings. The Kier molecular flexibility index (Phi) is 1.79. The highest BCUT2D eigenvalue weighted by Gasteiger charge is 2.07. The standard InChI is InChI=1S/C14H12BrCl/c1-9-3-5-11(13(15)7-9)12-6-4-10(2)8-14(12)16/h3-8H,1-2H3/i1D3,2D3. The van der Waals surface area contributed by atoms with E-state index in [1.807, 2.05) is 0 Å². The molecule has 16 heavy (non-hydrogen) atoms. The Balaban J connectivity index is 2.49. The normalized spacial score (nSPS) is 17.6. The van der Waals surface area contributed by atoms with Crippen LogP contribution in [-0.4, -0.2) is 0 Å². The van der Waals surface area contributed by atoms with E-state index in [4.69, 9.17) is 19.8 Å². The van der Waals surface area contributed by atoms with Gasteiger partial charge in [-0.05, 0) is 42.5 Å². The second-order valence-corrected chi connectivity index (χ2v) is 4.65. The molecule has 0 aliphatic carbocycles. The van der Waals surface area contributed by atoms with Gasteiger partial charge in [0.15, 0.2) is 0 Å². The summed E-state index contributed by atoms with van der Waals surface area (Å²) in [4.78, 5) is 0. The van der Waals surface area contributed by atoms with Gasteiger partial charge in [0, 0.05) is 23.3 Å². The van der Waals surface area contributed by atoms with Gasteiger partial charge in [0.05, 0.1) is 0 Å².